The summed E-state index contributed by atoms with van der Waals surface area (Å²) in [4.78, 5) is 89.4. The van der Waals surface area contributed by atoms with Gasteiger partial charge in [0.25, 0.3) is 0 Å². The Morgan fingerprint density at radius 2 is 0.783 bits per heavy atom. The van der Waals surface area contributed by atoms with E-state index in [1.54, 1.807) is 21.3 Å². The topological polar surface area (TPSA) is 324 Å². The number of azide groups is 1. The average Bonchev–Trinajstić information content (AvgIpc) is 3.32. The van der Waals surface area contributed by atoms with E-state index in [1.165, 1.54) is 0 Å². The highest BCUT2D eigenvalue weighted by Gasteiger charge is 2.34. The van der Waals surface area contributed by atoms with Gasteiger partial charge in [-0.15, -0.1) is 0 Å². The number of nitrogens with one attached hydrogen (secondary N) is 6. The zero-order valence-electron chi connectivity index (χ0n) is 41.2. The van der Waals surface area contributed by atoms with Gasteiger partial charge < -0.3 is 74.5 Å². The van der Waals surface area contributed by atoms with Crippen LogP contribution < -0.4 is 31.9 Å². The minimum absolute atomic E-state index is 0.0182. The molecule has 0 atom stereocenters. The standard InChI is InChI=1S/C44H81N9O16/c1-61-29-17-46-38(55)11-24-64-22-7-8-37(54)10-23-67-34-44(52-43(60)9-5-4-6-16-51-53-45,35-68-27-14-41(58)49-20-32-65-25-12-39(56)47-18-30-62-2)36-69-28-15-42(59)50-21-33-66-26-13-40(57)48-19-31-63-3/h4-36H2,1-3H3,(H,46,55)(H,47,56)(H,48,57)(H,49,58)(H,50,59)(H,52,60). The normalized spacial score (nSPS) is 11.1. The predicted molar refractivity (Wildman–Crippen MR) is 251 cm³/mol. The molecule has 0 aliphatic rings. The van der Waals surface area contributed by atoms with Gasteiger partial charge in [0.2, 0.25) is 35.4 Å². The van der Waals surface area contributed by atoms with E-state index in [4.69, 9.17) is 48.2 Å². The van der Waals surface area contributed by atoms with Gasteiger partial charge in [0.05, 0.1) is 92.5 Å². The molecule has 0 heterocycles. The quantitative estimate of drug-likeness (QED) is 0.0203. The van der Waals surface area contributed by atoms with Gasteiger partial charge in [-0.25, -0.2) is 0 Å². The highest BCUT2D eigenvalue weighted by Crippen LogP contribution is 2.13. The summed E-state index contributed by atoms with van der Waals surface area (Å²) < 4.78 is 49.0. The summed E-state index contributed by atoms with van der Waals surface area (Å²) in [5.74, 6) is -1.53. The number of nitrogens with zero attached hydrogens (tertiary/aromatic N) is 3. The Labute approximate surface area is 406 Å². The fourth-order valence-electron chi connectivity index (χ4n) is 5.74. The largest absolute Gasteiger partial charge is 0.383 e. The first kappa shape index (κ1) is 64.4. The second-order valence-electron chi connectivity index (χ2n) is 15.5. The Morgan fingerprint density at radius 1 is 0.406 bits per heavy atom. The van der Waals surface area contributed by atoms with Crippen LogP contribution in [-0.2, 0) is 76.2 Å². The number of hydrogen-bond donors (Lipinski definition) is 6. The van der Waals surface area contributed by atoms with Crippen molar-refractivity contribution in [2.45, 2.75) is 82.6 Å². The number of methoxy groups -OCH3 is 3. The van der Waals surface area contributed by atoms with Gasteiger partial charge in [-0.1, -0.05) is 11.5 Å². The fraction of sp³-hybridized carbons (Fsp3) is 0.841. The summed E-state index contributed by atoms with van der Waals surface area (Å²) in [6.07, 6.45) is 3.12. The van der Waals surface area contributed by atoms with Gasteiger partial charge in [0.1, 0.15) is 11.3 Å². The van der Waals surface area contributed by atoms with Gasteiger partial charge in [0.15, 0.2) is 0 Å². The summed E-state index contributed by atoms with van der Waals surface area (Å²) in [6, 6.07) is 0. The molecule has 6 N–H and O–H groups in total. The number of ether oxygens (including phenoxy) is 9. The first-order valence-corrected chi connectivity index (χ1v) is 23.6. The van der Waals surface area contributed by atoms with Crippen molar-refractivity contribution in [1.82, 2.24) is 31.9 Å². The molecule has 69 heavy (non-hydrogen) atoms. The van der Waals surface area contributed by atoms with Crippen LogP contribution in [-0.4, -0.2) is 206 Å². The van der Waals surface area contributed by atoms with Crippen molar-refractivity contribution in [3.05, 3.63) is 10.4 Å². The Bertz CT molecular complexity index is 1310. The molecule has 0 fully saturated rings. The molecule has 25 heteroatoms. The van der Waals surface area contributed by atoms with Gasteiger partial charge in [-0.3, -0.25) is 33.6 Å². The summed E-state index contributed by atoms with van der Waals surface area (Å²) in [5, 5.41) is 20.1. The minimum Gasteiger partial charge on any atom is -0.383 e. The van der Waals surface area contributed by atoms with E-state index in [0.717, 1.165) is 0 Å². The molecule has 0 aromatic rings. The molecule has 0 aliphatic carbocycles. The van der Waals surface area contributed by atoms with Gasteiger partial charge in [-0.2, -0.15) is 0 Å². The van der Waals surface area contributed by atoms with Crippen molar-refractivity contribution in [3.63, 3.8) is 0 Å². The molecular formula is C44H81N9O16. The number of amides is 6. The zero-order valence-corrected chi connectivity index (χ0v) is 41.2. The second-order valence-corrected chi connectivity index (χ2v) is 15.5. The molecule has 0 saturated carbocycles. The van der Waals surface area contributed by atoms with E-state index < -0.39 is 5.54 Å². The molecule has 0 aromatic heterocycles. The Morgan fingerprint density at radius 3 is 1.19 bits per heavy atom. The zero-order chi connectivity index (χ0) is 50.9. The van der Waals surface area contributed by atoms with Crippen LogP contribution in [0.3, 0.4) is 0 Å². The SMILES string of the molecule is COCCNC(=O)CCOCCCC(=O)CCOCC(COCCC(=O)NCCOCCC(=O)NCCOC)(COCCC(=O)NCCOCCC(=O)NCCOC)NC(=O)CCCCCN=[N+]=[N-]. The van der Waals surface area contributed by atoms with Crippen molar-refractivity contribution < 1.29 is 76.2 Å². The highest BCUT2D eigenvalue weighted by atomic mass is 16.5. The van der Waals surface area contributed by atoms with Crippen LogP contribution in [0.15, 0.2) is 5.11 Å². The molecule has 0 bridgehead atoms. The number of carbonyl (C=O) groups is 7. The first-order valence-electron chi connectivity index (χ1n) is 23.6. The maximum atomic E-state index is 13.4. The molecule has 0 aromatic carbocycles. The second kappa shape index (κ2) is 47.1. The van der Waals surface area contributed by atoms with Crippen molar-refractivity contribution in [2.75, 3.05) is 160 Å². The number of rotatable bonds is 50. The van der Waals surface area contributed by atoms with Crippen molar-refractivity contribution in [1.29, 1.82) is 0 Å². The van der Waals surface area contributed by atoms with Gasteiger partial charge in [0, 0.05) is 123 Å². The molecular weight excluding hydrogens is 911 g/mol. The third kappa shape index (κ3) is 43.2. The lowest BCUT2D eigenvalue weighted by Crippen LogP contribution is -2.58. The summed E-state index contributed by atoms with van der Waals surface area (Å²) in [7, 11) is 4.63. The van der Waals surface area contributed by atoms with Gasteiger partial charge >= 0.3 is 0 Å². The molecule has 25 nitrogen and oxygen atoms in total. The van der Waals surface area contributed by atoms with Crippen LogP contribution in [0.1, 0.15) is 77.0 Å². The third-order valence-corrected chi connectivity index (χ3v) is 9.42. The smallest absolute Gasteiger partial charge is 0.222 e. The van der Waals surface area contributed by atoms with Crippen LogP contribution in [0.5, 0.6) is 0 Å². The van der Waals surface area contributed by atoms with E-state index in [-0.39, 0.29) is 178 Å². The lowest BCUT2D eigenvalue weighted by Gasteiger charge is -2.34. The van der Waals surface area contributed by atoms with Crippen molar-refractivity contribution >= 4 is 41.2 Å². The molecule has 0 spiro atoms. The van der Waals surface area contributed by atoms with E-state index in [2.05, 4.69) is 41.9 Å². The van der Waals surface area contributed by atoms with Crippen LogP contribution in [0.4, 0.5) is 0 Å². The molecule has 0 saturated heterocycles. The lowest BCUT2D eigenvalue weighted by atomic mass is 10.0. The summed E-state index contributed by atoms with van der Waals surface area (Å²) in [6.45, 7) is 3.98. The van der Waals surface area contributed by atoms with Crippen LogP contribution in [0.25, 0.3) is 10.4 Å². The van der Waals surface area contributed by atoms with Crippen molar-refractivity contribution in [3.8, 4) is 0 Å². The molecule has 6 amide bonds. The molecule has 0 rings (SSSR count). The minimum atomic E-state index is -1.30. The predicted octanol–water partition coefficient (Wildman–Crippen LogP) is 0.0218. The summed E-state index contributed by atoms with van der Waals surface area (Å²) in [5.41, 5.74) is 7.26. The van der Waals surface area contributed by atoms with Crippen LogP contribution in [0.2, 0.25) is 0 Å². The molecule has 0 aliphatic heterocycles. The van der Waals surface area contributed by atoms with E-state index in [1.807, 2.05) is 0 Å². The highest BCUT2D eigenvalue weighted by molar-refractivity contribution is 5.79. The van der Waals surface area contributed by atoms with Gasteiger partial charge in [-0.05, 0) is 24.8 Å². The van der Waals surface area contributed by atoms with Crippen LogP contribution >= 0.6 is 0 Å². The lowest BCUT2D eigenvalue weighted by molar-refractivity contribution is -0.130. The molecule has 0 radical (unpaired) electrons. The average molecular weight is 992 g/mol. The fourth-order valence-corrected chi connectivity index (χ4v) is 5.74. The number of unbranched alkanes of at least 4 members (excludes halogenated alkanes) is 2. The number of carbonyl (C=O) groups excluding carboxylic acids is 7. The molecule has 398 valence electrons. The Balaban J connectivity index is 5.39. The number of ketones is 1. The third-order valence-electron chi connectivity index (χ3n) is 9.42. The maximum absolute atomic E-state index is 13.4. The summed E-state index contributed by atoms with van der Waals surface area (Å²) >= 11 is 0. The Hall–Kier alpha value is -4.56. The van der Waals surface area contributed by atoms with Crippen molar-refractivity contribution in [2.24, 2.45) is 5.11 Å². The maximum Gasteiger partial charge on any atom is 0.222 e. The van der Waals surface area contributed by atoms with E-state index in [9.17, 15) is 33.6 Å². The first-order chi connectivity index (χ1) is 33.5. The van der Waals surface area contributed by atoms with E-state index >= 15 is 0 Å². The van der Waals surface area contributed by atoms with E-state index in [0.29, 0.717) is 78.3 Å². The Kier molecular flexibility index (Phi) is 44.0. The number of hydrogen-bond acceptors (Lipinski definition) is 17. The van der Waals surface area contributed by atoms with Crippen LogP contribution in [0, 0.1) is 0 Å². The number of Topliss-reactive ketones (excluding diaryl/α,β-unsaturated/α-hetero) is 1. The monoisotopic (exact) mass is 992 g/mol. The molecule has 0 unspecified atom stereocenters.